The monoisotopic (exact) mass is 270 g/mol. The molecular weight excluding hydrogens is 259 g/mol. The van der Waals surface area contributed by atoms with Gasteiger partial charge in [-0.1, -0.05) is 12.1 Å². The summed E-state index contributed by atoms with van der Waals surface area (Å²) in [4.78, 5) is 15.0. The van der Waals surface area contributed by atoms with Crippen LogP contribution in [0.1, 0.15) is 5.56 Å². The molecule has 0 atom stereocenters. The molecule has 4 nitrogen and oxygen atoms in total. The Morgan fingerprint density at radius 3 is 2.85 bits per heavy atom. The molecule has 0 amide bonds. The second kappa shape index (κ2) is 4.77. The number of pyridine rings is 1. The molecule has 0 saturated carbocycles. The van der Waals surface area contributed by atoms with Crippen molar-refractivity contribution in [2.45, 2.75) is 6.42 Å². The van der Waals surface area contributed by atoms with E-state index in [1.807, 2.05) is 24.4 Å². The highest BCUT2D eigenvalue weighted by atomic mass is 19.1. The molecule has 0 saturated heterocycles. The standard InChI is InChI=1S/C15H11FN2O2/c16-12-7-10(8-15(19)20)4-5-11(12)13-9-18-6-2-1-3-14(18)17-13/h1-7,9H,8H2,(H,19,20). The molecule has 0 aliphatic heterocycles. The number of fused-ring (bicyclic) bond motifs is 1. The van der Waals surface area contributed by atoms with Crippen molar-refractivity contribution in [1.82, 2.24) is 9.38 Å². The molecule has 1 aromatic carbocycles. The lowest BCUT2D eigenvalue weighted by atomic mass is 10.1. The lowest BCUT2D eigenvalue weighted by Gasteiger charge is -2.02. The number of imidazole rings is 1. The molecule has 100 valence electrons. The van der Waals surface area contributed by atoms with Crippen LogP contribution >= 0.6 is 0 Å². The molecule has 3 rings (SSSR count). The Morgan fingerprint density at radius 2 is 2.15 bits per heavy atom. The summed E-state index contributed by atoms with van der Waals surface area (Å²) >= 11 is 0. The maximum Gasteiger partial charge on any atom is 0.307 e. The van der Waals surface area contributed by atoms with E-state index in [0.29, 0.717) is 16.8 Å². The van der Waals surface area contributed by atoms with E-state index in [1.165, 1.54) is 6.07 Å². The smallest absolute Gasteiger partial charge is 0.307 e. The summed E-state index contributed by atoms with van der Waals surface area (Å²) in [6.07, 6.45) is 3.38. The highest BCUT2D eigenvalue weighted by Crippen LogP contribution is 2.23. The number of carboxylic acids is 1. The SMILES string of the molecule is O=C(O)Cc1ccc(-c2cn3ccccc3n2)c(F)c1. The zero-order chi connectivity index (χ0) is 14.1. The van der Waals surface area contributed by atoms with Gasteiger partial charge >= 0.3 is 5.97 Å². The minimum Gasteiger partial charge on any atom is -0.481 e. The topological polar surface area (TPSA) is 54.6 Å². The molecule has 5 heteroatoms. The summed E-state index contributed by atoms with van der Waals surface area (Å²) in [5.74, 6) is -1.45. The van der Waals surface area contributed by atoms with Crippen molar-refractivity contribution in [3.8, 4) is 11.3 Å². The summed E-state index contributed by atoms with van der Waals surface area (Å²) in [7, 11) is 0. The fourth-order valence-corrected chi connectivity index (χ4v) is 2.12. The fraction of sp³-hybridized carbons (Fsp3) is 0.0667. The van der Waals surface area contributed by atoms with E-state index in [9.17, 15) is 9.18 Å². The molecule has 0 fully saturated rings. The van der Waals surface area contributed by atoms with Gasteiger partial charge in [-0.25, -0.2) is 9.37 Å². The lowest BCUT2D eigenvalue weighted by Crippen LogP contribution is -2.00. The summed E-state index contributed by atoms with van der Waals surface area (Å²) in [5.41, 5.74) is 2.05. The van der Waals surface area contributed by atoms with E-state index >= 15 is 0 Å². The van der Waals surface area contributed by atoms with Crippen LogP contribution in [0.5, 0.6) is 0 Å². The van der Waals surface area contributed by atoms with Gasteiger partial charge in [-0.05, 0) is 29.8 Å². The Hall–Kier alpha value is -2.69. The second-order valence-electron chi connectivity index (χ2n) is 4.48. The molecule has 0 spiro atoms. The molecule has 0 unspecified atom stereocenters. The van der Waals surface area contributed by atoms with E-state index in [0.717, 1.165) is 5.65 Å². The predicted molar refractivity (Wildman–Crippen MR) is 71.9 cm³/mol. The first-order chi connectivity index (χ1) is 9.63. The molecule has 0 bridgehead atoms. The van der Waals surface area contributed by atoms with Crippen LogP contribution in [0.4, 0.5) is 4.39 Å². The third kappa shape index (κ3) is 2.25. The first-order valence-electron chi connectivity index (χ1n) is 6.08. The van der Waals surface area contributed by atoms with Crippen LogP contribution in [0.15, 0.2) is 48.8 Å². The van der Waals surface area contributed by atoms with Gasteiger partial charge in [0.25, 0.3) is 0 Å². The fourth-order valence-electron chi connectivity index (χ4n) is 2.12. The van der Waals surface area contributed by atoms with Gasteiger partial charge in [0.2, 0.25) is 0 Å². The zero-order valence-corrected chi connectivity index (χ0v) is 10.5. The average Bonchev–Trinajstić information content (AvgIpc) is 2.81. The molecule has 2 aromatic heterocycles. The third-order valence-corrected chi connectivity index (χ3v) is 3.03. The van der Waals surface area contributed by atoms with Crippen LogP contribution < -0.4 is 0 Å². The number of rotatable bonds is 3. The Kier molecular flexibility index (Phi) is 2.95. The quantitative estimate of drug-likeness (QED) is 0.796. The lowest BCUT2D eigenvalue weighted by molar-refractivity contribution is -0.136. The Morgan fingerprint density at radius 1 is 1.30 bits per heavy atom. The van der Waals surface area contributed by atoms with Crippen molar-refractivity contribution < 1.29 is 14.3 Å². The molecule has 0 radical (unpaired) electrons. The number of halogens is 1. The van der Waals surface area contributed by atoms with Crippen molar-refractivity contribution in [1.29, 1.82) is 0 Å². The van der Waals surface area contributed by atoms with E-state index in [4.69, 9.17) is 5.11 Å². The first kappa shape index (κ1) is 12.3. The van der Waals surface area contributed by atoms with E-state index in [1.54, 1.807) is 22.7 Å². The van der Waals surface area contributed by atoms with Gasteiger partial charge in [0, 0.05) is 18.0 Å². The number of hydrogen-bond donors (Lipinski definition) is 1. The summed E-state index contributed by atoms with van der Waals surface area (Å²) in [6, 6.07) is 9.97. The van der Waals surface area contributed by atoms with Crippen molar-refractivity contribution >= 4 is 11.6 Å². The van der Waals surface area contributed by atoms with Gasteiger partial charge in [0.05, 0.1) is 12.1 Å². The first-order valence-corrected chi connectivity index (χ1v) is 6.08. The molecule has 1 N–H and O–H groups in total. The van der Waals surface area contributed by atoms with Gasteiger partial charge in [-0.2, -0.15) is 0 Å². The summed E-state index contributed by atoms with van der Waals surface area (Å²) in [5, 5.41) is 8.70. The Bertz CT molecular complexity index is 762. The van der Waals surface area contributed by atoms with Crippen LogP contribution in [-0.4, -0.2) is 20.5 Å². The van der Waals surface area contributed by atoms with Crippen LogP contribution in [0, 0.1) is 5.82 Å². The van der Waals surface area contributed by atoms with Crippen molar-refractivity contribution in [3.05, 3.63) is 60.2 Å². The van der Waals surface area contributed by atoms with Crippen LogP contribution in [-0.2, 0) is 11.2 Å². The third-order valence-electron chi connectivity index (χ3n) is 3.03. The minimum atomic E-state index is -0.982. The van der Waals surface area contributed by atoms with Crippen molar-refractivity contribution in [2.75, 3.05) is 0 Å². The number of nitrogens with zero attached hydrogens (tertiary/aromatic N) is 2. The number of benzene rings is 1. The van der Waals surface area contributed by atoms with Gasteiger partial charge < -0.3 is 9.51 Å². The molecule has 0 aliphatic rings. The maximum atomic E-state index is 14.1. The number of aliphatic carboxylic acids is 1. The molecule has 20 heavy (non-hydrogen) atoms. The van der Waals surface area contributed by atoms with Crippen LogP contribution in [0.25, 0.3) is 16.9 Å². The van der Waals surface area contributed by atoms with Gasteiger partial charge in [-0.15, -0.1) is 0 Å². The van der Waals surface area contributed by atoms with Crippen LogP contribution in [0.2, 0.25) is 0 Å². The highest BCUT2D eigenvalue weighted by molar-refractivity contribution is 5.71. The Labute approximate surface area is 114 Å². The van der Waals surface area contributed by atoms with Gasteiger partial charge in [0.1, 0.15) is 11.5 Å². The molecule has 3 aromatic rings. The van der Waals surface area contributed by atoms with Gasteiger partial charge in [-0.3, -0.25) is 4.79 Å². The van der Waals surface area contributed by atoms with Crippen LogP contribution in [0.3, 0.4) is 0 Å². The Balaban J connectivity index is 2.03. The normalized spacial score (nSPS) is 10.8. The largest absolute Gasteiger partial charge is 0.481 e. The predicted octanol–water partition coefficient (Wildman–Crippen LogP) is 2.77. The van der Waals surface area contributed by atoms with E-state index in [-0.39, 0.29) is 6.42 Å². The average molecular weight is 270 g/mol. The molecule has 0 aliphatic carbocycles. The molecular formula is C15H11FN2O2. The van der Waals surface area contributed by atoms with E-state index < -0.39 is 11.8 Å². The summed E-state index contributed by atoms with van der Waals surface area (Å²) < 4.78 is 15.9. The van der Waals surface area contributed by atoms with Crippen molar-refractivity contribution in [3.63, 3.8) is 0 Å². The summed E-state index contributed by atoms with van der Waals surface area (Å²) in [6.45, 7) is 0. The number of aromatic nitrogens is 2. The highest BCUT2D eigenvalue weighted by Gasteiger charge is 2.11. The van der Waals surface area contributed by atoms with E-state index in [2.05, 4.69) is 4.98 Å². The molecule has 2 heterocycles. The van der Waals surface area contributed by atoms with Gasteiger partial charge in [0.15, 0.2) is 0 Å². The minimum absolute atomic E-state index is 0.192. The van der Waals surface area contributed by atoms with Crippen molar-refractivity contribution in [2.24, 2.45) is 0 Å². The number of carbonyl (C=O) groups is 1. The number of carboxylic acid groups (broad SMARTS) is 1. The second-order valence-corrected chi connectivity index (χ2v) is 4.48. The zero-order valence-electron chi connectivity index (χ0n) is 10.5. The number of hydrogen-bond acceptors (Lipinski definition) is 2. The maximum absolute atomic E-state index is 14.1.